The SMILES string of the molecule is CC(C)C(=O)Oc1ccc(COc2ccc(CO)cc2C(CC(N)(C(C)C)C(C)C)c2ccccc2)cc1C(CCN(C(C)C)C(C)C)c1ccccc1. The van der Waals surface area contributed by atoms with E-state index in [1.165, 1.54) is 5.56 Å². The summed E-state index contributed by atoms with van der Waals surface area (Å²) in [5.41, 5.74) is 13.0. The normalized spacial score (nSPS) is 13.4. The van der Waals surface area contributed by atoms with Crippen molar-refractivity contribution in [1.29, 1.82) is 0 Å². The molecule has 0 saturated heterocycles. The molecule has 6 heteroatoms. The Morgan fingerprint density at radius 1 is 0.685 bits per heavy atom. The first-order chi connectivity index (χ1) is 25.7. The second kappa shape index (κ2) is 19.6. The number of hydrogen-bond acceptors (Lipinski definition) is 6. The summed E-state index contributed by atoms with van der Waals surface area (Å²) >= 11 is 0. The summed E-state index contributed by atoms with van der Waals surface area (Å²) in [6.45, 7) is 22.7. The molecule has 4 aromatic rings. The van der Waals surface area contributed by atoms with Crippen molar-refractivity contribution in [2.75, 3.05) is 6.54 Å². The smallest absolute Gasteiger partial charge is 0.313 e. The lowest BCUT2D eigenvalue weighted by atomic mass is 9.69. The summed E-state index contributed by atoms with van der Waals surface area (Å²) in [6.07, 6.45) is 1.58. The number of aliphatic hydroxyl groups is 1. The van der Waals surface area contributed by atoms with E-state index in [0.29, 0.717) is 24.4 Å². The van der Waals surface area contributed by atoms with Crippen LogP contribution in [0.5, 0.6) is 11.5 Å². The minimum Gasteiger partial charge on any atom is -0.489 e. The van der Waals surface area contributed by atoms with E-state index in [2.05, 4.69) is 121 Å². The van der Waals surface area contributed by atoms with Crippen molar-refractivity contribution in [3.63, 3.8) is 0 Å². The fourth-order valence-corrected chi connectivity index (χ4v) is 7.70. The van der Waals surface area contributed by atoms with Crippen LogP contribution in [-0.4, -0.2) is 40.1 Å². The van der Waals surface area contributed by atoms with Gasteiger partial charge in [0.1, 0.15) is 18.1 Å². The van der Waals surface area contributed by atoms with Crippen molar-refractivity contribution in [3.8, 4) is 11.5 Å². The van der Waals surface area contributed by atoms with Gasteiger partial charge < -0.3 is 20.3 Å². The highest BCUT2D eigenvalue weighted by Gasteiger charge is 2.37. The summed E-state index contributed by atoms with van der Waals surface area (Å²) in [5, 5.41) is 10.3. The second-order valence-corrected chi connectivity index (χ2v) is 16.5. The van der Waals surface area contributed by atoms with E-state index in [0.717, 1.165) is 53.0 Å². The molecule has 3 N–H and O–H groups in total. The maximum absolute atomic E-state index is 13.0. The van der Waals surface area contributed by atoms with Gasteiger partial charge in [-0.05, 0) is 105 Å². The average molecular weight is 735 g/mol. The van der Waals surface area contributed by atoms with Gasteiger partial charge in [-0.15, -0.1) is 0 Å². The predicted molar refractivity (Wildman–Crippen MR) is 223 cm³/mol. The highest BCUT2D eigenvalue weighted by molar-refractivity contribution is 5.75. The fourth-order valence-electron chi connectivity index (χ4n) is 7.70. The Balaban J connectivity index is 1.79. The fraction of sp³-hybridized carbons (Fsp3) is 0.479. The molecule has 0 spiro atoms. The number of ether oxygens (including phenoxy) is 2. The van der Waals surface area contributed by atoms with Crippen molar-refractivity contribution < 1.29 is 19.4 Å². The van der Waals surface area contributed by atoms with Crippen LogP contribution in [0.2, 0.25) is 0 Å². The Morgan fingerprint density at radius 3 is 1.70 bits per heavy atom. The Kier molecular flexibility index (Phi) is 15.5. The highest BCUT2D eigenvalue weighted by Crippen LogP contribution is 2.42. The van der Waals surface area contributed by atoms with Gasteiger partial charge in [-0.2, -0.15) is 0 Å². The molecule has 54 heavy (non-hydrogen) atoms. The third-order valence-electron chi connectivity index (χ3n) is 11.3. The number of benzene rings is 4. The summed E-state index contributed by atoms with van der Waals surface area (Å²) < 4.78 is 12.9. The lowest BCUT2D eigenvalue weighted by Gasteiger charge is -2.41. The van der Waals surface area contributed by atoms with Gasteiger partial charge in [-0.1, -0.05) is 114 Å². The van der Waals surface area contributed by atoms with E-state index in [4.69, 9.17) is 15.2 Å². The zero-order chi connectivity index (χ0) is 39.6. The molecule has 0 heterocycles. The van der Waals surface area contributed by atoms with E-state index in [1.807, 2.05) is 50.2 Å². The highest BCUT2D eigenvalue weighted by atomic mass is 16.5. The zero-order valence-corrected chi connectivity index (χ0v) is 34.5. The number of esters is 1. The van der Waals surface area contributed by atoms with E-state index in [-0.39, 0.29) is 42.2 Å². The standard InChI is InChI=1S/C48H66N2O4/c1-32(2)47(52)54-46-24-22-38(28-42(46)41(39-17-13-11-14-18-39)25-26-50(35(7)8)36(9)10)31-53-45-23-21-37(30-51)27-43(45)44(40-19-15-12-16-20-40)29-48(49,33(3)4)34(5)6/h11-24,27-28,32-36,41,44,51H,25-26,29-31,49H2,1-10H3. The van der Waals surface area contributed by atoms with Crippen LogP contribution < -0.4 is 15.2 Å². The number of aliphatic hydroxyl groups excluding tert-OH is 1. The Labute approximate surface area is 326 Å². The number of nitrogens with zero attached hydrogens (tertiary/aromatic N) is 1. The lowest BCUT2D eigenvalue weighted by Crippen LogP contribution is -2.51. The summed E-state index contributed by atoms with van der Waals surface area (Å²) in [6, 6.07) is 33.9. The van der Waals surface area contributed by atoms with Crippen LogP contribution in [0.15, 0.2) is 97.1 Å². The zero-order valence-electron chi connectivity index (χ0n) is 34.5. The first kappa shape index (κ1) is 42.8. The van der Waals surface area contributed by atoms with Crippen LogP contribution in [0, 0.1) is 17.8 Å². The topological polar surface area (TPSA) is 85.0 Å². The van der Waals surface area contributed by atoms with Crippen LogP contribution in [0.3, 0.4) is 0 Å². The van der Waals surface area contributed by atoms with Gasteiger partial charge in [0.2, 0.25) is 0 Å². The van der Waals surface area contributed by atoms with E-state index < -0.39 is 5.54 Å². The van der Waals surface area contributed by atoms with Gasteiger partial charge >= 0.3 is 5.97 Å². The predicted octanol–water partition coefficient (Wildman–Crippen LogP) is 10.5. The van der Waals surface area contributed by atoms with Crippen molar-refractivity contribution in [1.82, 2.24) is 4.90 Å². The monoisotopic (exact) mass is 735 g/mol. The summed E-state index contributed by atoms with van der Waals surface area (Å²) in [5.74, 6) is 1.28. The summed E-state index contributed by atoms with van der Waals surface area (Å²) in [4.78, 5) is 15.5. The molecule has 0 aliphatic rings. The number of nitrogens with two attached hydrogens (primary N) is 1. The minimum atomic E-state index is -0.432. The Bertz CT molecular complexity index is 1730. The quantitative estimate of drug-likeness (QED) is 0.0737. The average Bonchev–Trinajstić information content (AvgIpc) is 3.15. The van der Waals surface area contributed by atoms with Crippen LogP contribution in [0.4, 0.5) is 0 Å². The molecular formula is C48H66N2O4. The molecule has 0 bridgehead atoms. The van der Waals surface area contributed by atoms with Gasteiger partial charge in [0.05, 0.1) is 12.5 Å². The molecule has 4 aromatic carbocycles. The van der Waals surface area contributed by atoms with Gasteiger partial charge in [0.25, 0.3) is 0 Å². The molecule has 0 aliphatic carbocycles. The van der Waals surface area contributed by atoms with E-state index in [1.54, 1.807) is 0 Å². The van der Waals surface area contributed by atoms with Crippen molar-refractivity contribution >= 4 is 5.97 Å². The molecule has 0 amide bonds. The van der Waals surface area contributed by atoms with Crippen LogP contribution >= 0.6 is 0 Å². The van der Waals surface area contributed by atoms with Gasteiger partial charge in [-0.3, -0.25) is 9.69 Å². The maximum atomic E-state index is 13.0. The van der Waals surface area contributed by atoms with Gasteiger partial charge in [-0.25, -0.2) is 0 Å². The molecule has 0 fully saturated rings. The third-order valence-corrected chi connectivity index (χ3v) is 11.3. The molecule has 292 valence electrons. The van der Waals surface area contributed by atoms with Crippen LogP contribution in [0.25, 0.3) is 0 Å². The first-order valence-corrected chi connectivity index (χ1v) is 20.0. The Hall–Kier alpha value is -3.97. The molecule has 0 aromatic heterocycles. The Morgan fingerprint density at radius 2 is 1.19 bits per heavy atom. The second-order valence-electron chi connectivity index (χ2n) is 16.5. The summed E-state index contributed by atoms with van der Waals surface area (Å²) in [7, 11) is 0. The maximum Gasteiger partial charge on any atom is 0.313 e. The molecule has 2 unspecified atom stereocenters. The molecule has 0 saturated carbocycles. The molecule has 6 nitrogen and oxygen atoms in total. The molecule has 2 atom stereocenters. The number of hydrogen-bond donors (Lipinski definition) is 2. The third kappa shape index (κ3) is 10.8. The van der Waals surface area contributed by atoms with Crippen molar-refractivity contribution in [2.45, 2.75) is 125 Å². The molecule has 0 radical (unpaired) electrons. The van der Waals surface area contributed by atoms with E-state index in [9.17, 15) is 9.90 Å². The first-order valence-electron chi connectivity index (χ1n) is 20.0. The van der Waals surface area contributed by atoms with Crippen molar-refractivity contribution in [3.05, 3.63) is 130 Å². The molecule has 4 rings (SSSR count). The molecule has 0 aliphatic heterocycles. The number of carbonyl (C=O) groups is 1. The lowest BCUT2D eigenvalue weighted by molar-refractivity contribution is -0.137. The molecular weight excluding hydrogens is 669 g/mol. The van der Waals surface area contributed by atoms with Gasteiger partial charge in [0.15, 0.2) is 0 Å². The van der Waals surface area contributed by atoms with Crippen LogP contribution in [-0.2, 0) is 18.0 Å². The number of rotatable bonds is 19. The van der Waals surface area contributed by atoms with Gasteiger partial charge in [0, 0.05) is 40.6 Å². The van der Waals surface area contributed by atoms with E-state index >= 15 is 0 Å². The minimum absolute atomic E-state index is 0.00674. The van der Waals surface area contributed by atoms with Crippen LogP contribution in [0.1, 0.15) is 127 Å². The van der Waals surface area contributed by atoms with Crippen molar-refractivity contribution in [2.24, 2.45) is 23.5 Å². The number of carbonyl (C=O) groups excluding carboxylic acids is 1. The largest absolute Gasteiger partial charge is 0.489 e.